The highest BCUT2D eigenvalue weighted by atomic mass is 16.6. The summed E-state index contributed by atoms with van der Waals surface area (Å²) in [7, 11) is 0. The third kappa shape index (κ3) is 2.71. The van der Waals surface area contributed by atoms with E-state index >= 15 is 0 Å². The molecule has 1 amide bonds. The number of nitro groups is 1. The molecule has 1 aromatic heterocycles. The van der Waals surface area contributed by atoms with Crippen molar-refractivity contribution in [3.05, 3.63) is 70.0 Å². The van der Waals surface area contributed by atoms with E-state index in [1.54, 1.807) is 43.6 Å². The number of rotatable bonds is 3. The highest BCUT2D eigenvalue weighted by Gasteiger charge is 2.32. The van der Waals surface area contributed by atoms with Gasteiger partial charge < -0.3 is 0 Å². The molecule has 1 aliphatic rings. The van der Waals surface area contributed by atoms with Gasteiger partial charge >= 0.3 is 0 Å². The fraction of sp³-hybridized carbons (Fsp3) is 0.0625. The Labute approximate surface area is 131 Å². The van der Waals surface area contributed by atoms with Gasteiger partial charge in [-0.05, 0) is 30.7 Å². The van der Waals surface area contributed by atoms with Crippen LogP contribution in [0.2, 0.25) is 0 Å². The first-order valence-corrected chi connectivity index (χ1v) is 6.83. The number of amides is 1. The van der Waals surface area contributed by atoms with Gasteiger partial charge in [0.2, 0.25) is 0 Å². The molecule has 0 saturated heterocycles. The van der Waals surface area contributed by atoms with Crippen molar-refractivity contribution in [3.63, 3.8) is 0 Å². The second-order valence-electron chi connectivity index (χ2n) is 4.89. The number of nitrogens with zero attached hydrogens (tertiary/aromatic N) is 4. The second kappa shape index (κ2) is 5.80. The Hall–Kier alpha value is -3.35. The van der Waals surface area contributed by atoms with E-state index in [1.807, 2.05) is 6.07 Å². The molecule has 3 rings (SSSR count). The first-order valence-electron chi connectivity index (χ1n) is 6.83. The van der Waals surface area contributed by atoms with Crippen LogP contribution in [0.3, 0.4) is 0 Å². The molecule has 0 bridgehead atoms. The Morgan fingerprint density at radius 3 is 2.70 bits per heavy atom. The molecule has 0 unspecified atom stereocenters. The monoisotopic (exact) mass is 308 g/mol. The topological polar surface area (TPSA) is 88.7 Å². The first kappa shape index (κ1) is 14.6. The van der Waals surface area contributed by atoms with Gasteiger partial charge in [0, 0.05) is 18.5 Å². The van der Waals surface area contributed by atoms with Crippen molar-refractivity contribution in [1.82, 2.24) is 4.98 Å². The third-order valence-electron chi connectivity index (χ3n) is 3.36. The molecular formula is C16H12N4O3. The van der Waals surface area contributed by atoms with Crippen molar-refractivity contribution < 1.29 is 9.72 Å². The van der Waals surface area contributed by atoms with Crippen molar-refractivity contribution >= 4 is 29.1 Å². The van der Waals surface area contributed by atoms with Crippen molar-refractivity contribution in [2.75, 3.05) is 5.01 Å². The van der Waals surface area contributed by atoms with Crippen LogP contribution in [0.25, 0.3) is 6.08 Å². The zero-order valence-electron chi connectivity index (χ0n) is 12.2. The molecule has 7 nitrogen and oxygen atoms in total. The minimum absolute atomic E-state index is 0.149. The highest BCUT2D eigenvalue weighted by Crippen LogP contribution is 2.32. The van der Waals surface area contributed by atoms with E-state index in [4.69, 9.17) is 0 Å². The molecule has 7 heteroatoms. The quantitative estimate of drug-likeness (QED) is 0.495. The lowest BCUT2D eigenvalue weighted by atomic mass is 10.1. The molecular weight excluding hydrogens is 296 g/mol. The summed E-state index contributed by atoms with van der Waals surface area (Å²) in [5.41, 5.74) is 1.62. The van der Waals surface area contributed by atoms with E-state index in [2.05, 4.69) is 10.1 Å². The van der Waals surface area contributed by atoms with Crippen molar-refractivity contribution in [3.8, 4) is 0 Å². The minimum atomic E-state index is -0.531. The number of carbonyl (C=O) groups excluding carboxylic acids is 1. The third-order valence-corrected chi connectivity index (χ3v) is 3.36. The number of para-hydroxylation sites is 2. The fourth-order valence-electron chi connectivity index (χ4n) is 2.27. The molecule has 0 atom stereocenters. The first-order chi connectivity index (χ1) is 11.1. The number of anilines is 1. The van der Waals surface area contributed by atoms with E-state index < -0.39 is 10.8 Å². The van der Waals surface area contributed by atoms with Gasteiger partial charge in [-0.3, -0.25) is 19.9 Å². The van der Waals surface area contributed by atoms with E-state index in [9.17, 15) is 14.9 Å². The maximum Gasteiger partial charge on any atom is 0.295 e. The lowest BCUT2D eigenvalue weighted by molar-refractivity contribution is -0.384. The smallest absolute Gasteiger partial charge is 0.267 e. The molecule has 0 fully saturated rings. The number of benzene rings is 1. The average Bonchev–Trinajstić information content (AvgIpc) is 2.84. The summed E-state index contributed by atoms with van der Waals surface area (Å²) in [6, 6.07) is 9.59. The van der Waals surface area contributed by atoms with Crippen LogP contribution in [0.5, 0.6) is 0 Å². The normalized spacial score (nSPS) is 15.9. The summed E-state index contributed by atoms with van der Waals surface area (Å²) in [5.74, 6) is -0.402. The molecule has 2 heterocycles. The molecule has 0 aliphatic carbocycles. The summed E-state index contributed by atoms with van der Waals surface area (Å²) in [6.07, 6.45) is 4.93. The predicted molar refractivity (Wildman–Crippen MR) is 85.9 cm³/mol. The molecule has 0 N–H and O–H groups in total. The Kier molecular flexibility index (Phi) is 3.68. The van der Waals surface area contributed by atoms with E-state index in [-0.39, 0.29) is 11.4 Å². The van der Waals surface area contributed by atoms with Crippen LogP contribution < -0.4 is 5.01 Å². The van der Waals surface area contributed by atoms with Crippen LogP contribution in [0.1, 0.15) is 12.5 Å². The molecule has 0 spiro atoms. The van der Waals surface area contributed by atoms with Crippen molar-refractivity contribution in [2.45, 2.75) is 6.92 Å². The van der Waals surface area contributed by atoms with Crippen LogP contribution in [0.4, 0.5) is 11.4 Å². The number of hydrogen-bond donors (Lipinski definition) is 0. The fourth-order valence-corrected chi connectivity index (χ4v) is 2.27. The number of carbonyl (C=O) groups is 1. The predicted octanol–water partition coefficient (Wildman–Crippen LogP) is 2.80. The Morgan fingerprint density at radius 2 is 2.00 bits per heavy atom. The van der Waals surface area contributed by atoms with Gasteiger partial charge in [-0.25, -0.2) is 0 Å². The molecule has 0 saturated carbocycles. The van der Waals surface area contributed by atoms with Crippen LogP contribution in [0, 0.1) is 10.1 Å². The van der Waals surface area contributed by atoms with Crippen LogP contribution >= 0.6 is 0 Å². The SMILES string of the molecule is CC1=NN(c2ccccc2[N+](=O)[O-])C(=O)/C1=C/c1cccnc1. The van der Waals surface area contributed by atoms with Gasteiger partial charge in [-0.1, -0.05) is 18.2 Å². The van der Waals surface area contributed by atoms with E-state index in [0.29, 0.717) is 11.3 Å². The number of nitro benzene ring substituents is 1. The van der Waals surface area contributed by atoms with Gasteiger partial charge in [0.1, 0.15) is 5.69 Å². The number of hydrogen-bond acceptors (Lipinski definition) is 5. The lowest BCUT2D eigenvalue weighted by Crippen LogP contribution is -2.22. The van der Waals surface area contributed by atoms with Crippen LogP contribution in [-0.4, -0.2) is 21.5 Å². The zero-order chi connectivity index (χ0) is 16.4. The largest absolute Gasteiger partial charge is 0.295 e. The Balaban J connectivity index is 2.02. The number of hydrazone groups is 1. The standard InChI is InChI=1S/C16H12N4O3/c1-11-13(9-12-5-4-8-17-10-12)16(21)19(18-11)14-6-2-3-7-15(14)20(22)23/h2-10H,1H3/b13-9+. The van der Waals surface area contributed by atoms with Crippen molar-refractivity contribution in [1.29, 1.82) is 0 Å². The zero-order valence-corrected chi connectivity index (χ0v) is 12.2. The second-order valence-corrected chi connectivity index (χ2v) is 4.89. The lowest BCUT2D eigenvalue weighted by Gasteiger charge is -2.11. The molecule has 1 aromatic carbocycles. The Bertz CT molecular complexity index is 843. The molecule has 23 heavy (non-hydrogen) atoms. The van der Waals surface area contributed by atoms with Crippen LogP contribution in [-0.2, 0) is 4.79 Å². The molecule has 114 valence electrons. The summed E-state index contributed by atoms with van der Waals surface area (Å²) < 4.78 is 0. The maximum atomic E-state index is 12.6. The minimum Gasteiger partial charge on any atom is -0.267 e. The number of aromatic nitrogens is 1. The summed E-state index contributed by atoms with van der Waals surface area (Å²) >= 11 is 0. The summed E-state index contributed by atoms with van der Waals surface area (Å²) in [5, 5.41) is 16.4. The van der Waals surface area contributed by atoms with Gasteiger partial charge in [0.05, 0.1) is 16.2 Å². The van der Waals surface area contributed by atoms with Gasteiger partial charge in [-0.2, -0.15) is 10.1 Å². The maximum absolute atomic E-state index is 12.6. The van der Waals surface area contributed by atoms with E-state index in [1.165, 1.54) is 12.1 Å². The van der Waals surface area contributed by atoms with Gasteiger partial charge in [0.15, 0.2) is 0 Å². The van der Waals surface area contributed by atoms with E-state index in [0.717, 1.165) is 10.6 Å². The average molecular weight is 308 g/mol. The molecule has 2 aromatic rings. The molecule has 1 aliphatic heterocycles. The van der Waals surface area contributed by atoms with Gasteiger partial charge in [0.25, 0.3) is 11.6 Å². The van der Waals surface area contributed by atoms with Crippen molar-refractivity contribution in [2.24, 2.45) is 5.10 Å². The molecule has 0 radical (unpaired) electrons. The Morgan fingerprint density at radius 1 is 1.22 bits per heavy atom. The van der Waals surface area contributed by atoms with Gasteiger partial charge in [-0.15, -0.1) is 0 Å². The summed E-state index contributed by atoms with van der Waals surface area (Å²) in [4.78, 5) is 27.2. The number of pyridine rings is 1. The summed E-state index contributed by atoms with van der Waals surface area (Å²) in [6.45, 7) is 1.69. The highest BCUT2D eigenvalue weighted by molar-refractivity contribution is 6.32. The van der Waals surface area contributed by atoms with Crippen LogP contribution in [0.15, 0.2) is 59.5 Å².